The molecular weight excluding hydrogens is 388 g/mol. The van der Waals surface area contributed by atoms with Crippen LogP contribution in [0.15, 0.2) is 42.5 Å². The largest absolute Gasteiger partial charge is 0.369 e. The number of hydrogen-bond donors (Lipinski definition) is 2. The van der Waals surface area contributed by atoms with Gasteiger partial charge in [-0.2, -0.15) is 0 Å². The number of likely N-dealkylation sites (N-methyl/N-ethyl adjacent to an activating group) is 1. The van der Waals surface area contributed by atoms with E-state index in [9.17, 15) is 13.2 Å². The lowest BCUT2D eigenvalue weighted by atomic mass is 10.1. The van der Waals surface area contributed by atoms with Crippen LogP contribution < -0.4 is 14.9 Å². The Morgan fingerprint density at radius 2 is 1.72 bits per heavy atom. The average molecular weight is 417 g/mol. The lowest BCUT2D eigenvalue weighted by molar-refractivity contribution is -0.115. The van der Waals surface area contributed by atoms with Gasteiger partial charge >= 0.3 is 0 Å². The molecule has 1 fully saturated rings. The van der Waals surface area contributed by atoms with Gasteiger partial charge in [0.1, 0.15) is 0 Å². The maximum atomic E-state index is 12.6. The number of piperazine rings is 1. The van der Waals surface area contributed by atoms with E-state index in [0.29, 0.717) is 11.3 Å². The van der Waals surface area contributed by atoms with Gasteiger partial charge in [-0.3, -0.25) is 9.52 Å². The topological polar surface area (TPSA) is 81.8 Å². The fourth-order valence-corrected chi connectivity index (χ4v) is 3.99. The van der Waals surface area contributed by atoms with Crippen LogP contribution in [0.3, 0.4) is 0 Å². The summed E-state index contributed by atoms with van der Waals surface area (Å²) in [4.78, 5) is 17.2. The number of anilines is 3. The molecule has 1 saturated heterocycles. The summed E-state index contributed by atoms with van der Waals surface area (Å²) in [7, 11) is -1.28. The summed E-state index contributed by atoms with van der Waals surface area (Å²) in [5, 5.41) is 2.94. The van der Waals surface area contributed by atoms with Gasteiger partial charge in [-0.05, 0) is 49.4 Å². The fourth-order valence-electron chi connectivity index (χ4n) is 3.39. The number of carbonyl (C=O) groups is 1. The van der Waals surface area contributed by atoms with Crippen molar-refractivity contribution in [3.8, 4) is 0 Å². The molecule has 3 rings (SSSR count). The normalized spacial score (nSPS) is 15.2. The second-order valence-electron chi connectivity index (χ2n) is 7.55. The molecular formula is C21H28N4O3S. The molecule has 0 saturated carbocycles. The second-order valence-corrected chi connectivity index (χ2v) is 9.29. The van der Waals surface area contributed by atoms with Gasteiger partial charge in [0.2, 0.25) is 15.9 Å². The van der Waals surface area contributed by atoms with Gasteiger partial charge in [-0.15, -0.1) is 0 Å². The number of rotatable bonds is 6. The molecule has 0 unspecified atom stereocenters. The quantitative estimate of drug-likeness (QED) is 0.755. The van der Waals surface area contributed by atoms with E-state index in [0.717, 1.165) is 49.4 Å². The van der Waals surface area contributed by atoms with Crippen LogP contribution in [0.25, 0.3) is 0 Å². The predicted molar refractivity (Wildman–Crippen MR) is 118 cm³/mol. The summed E-state index contributed by atoms with van der Waals surface area (Å²) in [6, 6.07) is 13.0. The summed E-state index contributed by atoms with van der Waals surface area (Å²) in [6.45, 7) is 6.04. The molecule has 1 aliphatic rings. The monoisotopic (exact) mass is 416 g/mol. The first-order valence-corrected chi connectivity index (χ1v) is 11.5. The summed E-state index contributed by atoms with van der Waals surface area (Å²) in [5.74, 6) is -0.191. The summed E-state index contributed by atoms with van der Waals surface area (Å²) >= 11 is 0. The molecule has 2 aromatic carbocycles. The molecule has 0 atom stereocenters. The predicted octanol–water partition coefficient (Wildman–Crippen LogP) is 2.30. The third-order valence-electron chi connectivity index (χ3n) is 5.02. The Morgan fingerprint density at radius 3 is 2.38 bits per heavy atom. The number of nitrogens with zero attached hydrogens (tertiary/aromatic N) is 2. The van der Waals surface area contributed by atoms with Crippen LogP contribution in [0.2, 0.25) is 0 Å². The zero-order valence-electron chi connectivity index (χ0n) is 17.1. The first kappa shape index (κ1) is 21.1. The number of sulfonamides is 1. The van der Waals surface area contributed by atoms with Gasteiger partial charge < -0.3 is 15.1 Å². The maximum Gasteiger partial charge on any atom is 0.229 e. The summed E-state index contributed by atoms with van der Waals surface area (Å²) in [5.41, 5.74) is 3.98. The van der Waals surface area contributed by atoms with E-state index in [1.165, 1.54) is 0 Å². The third kappa shape index (κ3) is 5.95. The minimum Gasteiger partial charge on any atom is -0.369 e. The SMILES string of the molecule is Cc1cc(N2CCN(C)CC2)ccc1NC(=O)Cc1ccccc1NS(C)(=O)=O. The highest BCUT2D eigenvalue weighted by atomic mass is 32.2. The van der Waals surface area contributed by atoms with Crippen molar-refractivity contribution in [2.24, 2.45) is 0 Å². The number of amides is 1. The molecule has 2 N–H and O–H groups in total. The number of para-hydroxylation sites is 1. The Kier molecular flexibility index (Phi) is 6.44. The zero-order chi connectivity index (χ0) is 21.0. The molecule has 156 valence electrons. The Hall–Kier alpha value is -2.58. The van der Waals surface area contributed by atoms with Crippen LogP contribution >= 0.6 is 0 Å². The fraction of sp³-hybridized carbons (Fsp3) is 0.381. The van der Waals surface area contributed by atoms with Gasteiger partial charge in [0.15, 0.2) is 0 Å². The highest BCUT2D eigenvalue weighted by molar-refractivity contribution is 7.92. The van der Waals surface area contributed by atoms with Crippen LogP contribution in [0, 0.1) is 6.92 Å². The van der Waals surface area contributed by atoms with Crippen molar-refractivity contribution in [1.82, 2.24) is 4.90 Å². The van der Waals surface area contributed by atoms with E-state index < -0.39 is 10.0 Å². The van der Waals surface area contributed by atoms with Crippen LogP contribution in [0.5, 0.6) is 0 Å². The van der Waals surface area contributed by atoms with Crippen molar-refractivity contribution >= 4 is 33.0 Å². The van der Waals surface area contributed by atoms with Gasteiger partial charge in [0, 0.05) is 37.6 Å². The van der Waals surface area contributed by atoms with Crippen molar-refractivity contribution in [3.05, 3.63) is 53.6 Å². The van der Waals surface area contributed by atoms with E-state index in [-0.39, 0.29) is 12.3 Å². The number of benzene rings is 2. The van der Waals surface area contributed by atoms with E-state index in [2.05, 4.69) is 33.0 Å². The molecule has 1 amide bonds. The minimum absolute atomic E-state index is 0.0817. The van der Waals surface area contributed by atoms with E-state index >= 15 is 0 Å². The zero-order valence-corrected chi connectivity index (χ0v) is 17.9. The number of aryl methyl sites for hydroxylation is 1. The van der Waals surface area contributed by atoms with Crippen LogP contribution in [0.1, 0.15) is 11.1 Å². The van der Waals surface area contributed by atoms with Crippen LogP contribution in [0.4, 0.5) is 17.1 Å². The summed E-state index contributed by atoms with van der Waals surface area (Å²) < 4.78 is 25.5. The lowest BCUT2D eigenvalue weighted by Crippen LogP contribution is -2.44. The van der Waals surface area contributed by atoms with Gasteiger partial charge in [0.05, 0.1) is 18.4 Å². The third-order valence-corrected chi connectivity index (χ3v) is 5.61. The van der Waals surface area contributed by atoms with Crippen molar-refractivity contribution in [2.45, 2.75) is 13.3 Å². The molecule has 0 bridgehead atoms. The highest BCUT2D eigenvalue weighted by Gasteiger charge is 2.16. The van der Waals surface area contributed by atoms with Gasteiger partial charge in [-0.25, -0.2) is 8.42 Å². The molecule has 1 aliphatic heterocycles. The second kappa shape index (κ2) is 8.84. The van der Waals surface area contributed by atoms with Crippen molar-refractivity contribution in [1.29, 1.82) is 0 Å². The van der Waals surface area contributed by atoms with Crippen LogP contribution in [-0.4, -0.2) is 58.7 Å². The number of carbonyl (C=O) groups excluding carboxylic acids is 1. The Morgan fingerprint density at radius 1 is 1.03 bits per heavy atom. The average Bonchev–Trinajstić information content (AvgIpc) is 2.64. The van der Waals surface area contributed by atoms with Gasteiger partial charge in [0.25, 0.3) is 0 Å². The van der Waals surface area contributed by atoms with Crippen molar-refractivity contribution in [2.75, 3.05) is 54.4 Å². The first-order valence-electron chi connectivity index (χ1n) is 9.61. The molecule has 0 aromatic heterocycles. The number of nitrogens with one attached hydrogen (secondary N) is 2. The van der Waals surface area contributed by atoms with Gasteiger partial charge in [-0.1, -0.05) is 18.2 Å². The van der Waals surface area contributed by atoms with E-state index in [1.807, 2.05) is 19.1 Å². The van der Waals surface area contributed by atoms with E-state index in [1.54, 1.807) is 24.3 Å². The Labute approximate surface area is 172 Å². The lowest BCUT2D eigenvalue weighted by Gasteiger charge is -2.34. The molecule has 7 nitrogen and oxygen atoms in total. The Balaban J connectivity index is 1.67. The molecule has 0 spiro atoms. The van der Waals surface area contributed by atoms with Crippen molar-refractivity contribution in [3.63, 3.8) is 0 Å². The van der Waals surface area contributed by atoms with E-state index in [4.69, 9.17) is 0 Å². The maximum absolute atomic E-state index is 12.6. The first-order chi connectivity index (χ1) is 13.7. The summed E-state index contributed by atoms with van der Waals surface area (Å²) in [6.07, 6.45) is 1.17. The minimum atomic E-state index is -3.41. The Bertz CT molecular complexity index is 983. The molecule has 1 heterocycles. The highest BCUT2D eigenvalue weighted by Crippen LogP contribution is 2.24. The molecule has 2 aromatic rings. The molecule has 0 radical (unpaired) electrons. The standard InChI is InChI=1S/C21H28N4O3S/c1-16-14-18(25-12-10-24(2)11-13-25)8-9-19(16)22-21(26)15-17-6-4-5-7-20(17)23-29(3,27)28/h4-9,14,23H,10-13,15H2,1-3H3,(H,22,26). The van der Waals surface area contributed by atoms with Crippen molar-refractivity contribution < 1.29 is 13.2 Å². The molecule has 8 heteroatoms. The number of hydrogen-bond acceptors (Lipinski definition) is 5. The molecule has 0 aliphatic carbocycles. The molecule has 29 heavy (non-hydrogen) atoms. The smallest absolute Gasteiger partial charge is 0.229 e. The van der Waals surface area contributed by atoms with Crippen LogP contribution in [-0.2, 0) is 21.2 Å².